The lowest BCUT2D eigenvalue weighted by molar-refractivity contribution is 0.204. The third kappa shape index (κ3) is 6.48. The molecule has 1 aliphatic rings. The summed E-state index contributed by atoms with van der Waals surface area (Å²) in [6.07, 6.45) is -0.495. The molecule has 4 nitrogen and oxygen atoms in total. The first kappa shape index (κ1) is 35.7. The molecule has 0 bridgehead atoms. The number of fused-ring (bicyclic) bond motifs is 5. The zero-order valence-corrected chi connectivity index (χ0v) is 32.8. The predicted octanol–water partition coefficient (Wildman–Crippen LogP) is 13.4. The number of nitrogens with zero attached hydrogens (tertiary/aromatic N) is 1. The van der Waals surface area contributed by atoms with E-state index in [1.807, 2.05) is 24.3 Å². The molecule has 11 rings (SSSR count). The van der Waals surface area contributed by atoms with Crippen molar-refractivity contribution in [3.8, 4) is 39.4 Å². The van der Waals surface area contributed by atoms with Crippen LogP contribution in [-0.2, 0) is 0 Å². The van der Waals surface area contributed by atoms with Crippen molar-refractivity contribution in [1.82, 2.24) is 16.0 Å². The Bertz CT molecular complexity index is 3270. The minimum atomic E-state index is -0.169. The molecule has 10 aromatic rings. The molecule has 0 saturated carbocycles. The molecule has 1 heterocycles. The Morgan fingerprint density at radius 1 is 0.350 bits per heavy atom. The summed E-state index contributed by atoms with van der Waals surface area (Å²) < 4.78 is 0. The van der Waals surface area contributed by atoms with Crippen molar-refractivity contribution in [2.45, 2.75) is 18.5 Å². The molecule has 0 radical (unpaired) electrons. The molecular formula is C56H40N4. The second-order valence-corrected chi connectivity index (χ2v) is 15.7. The first-order valence-corrected chi connectivity index (χ1v) is 20.6. The van der Waals surface area contributed by atoms with Crippen LogP contribution in [0, 0.1) is 11.3 Å². The summed E-state index contributed by atoms with van der Waals surface area (Å²) in [7, 11) is 0. The van der Waals surface area contributed by atoms with E-state index in [2.05, 4.69) is 204 Å². The van der Waals surface area contributed by atoms with Crippen LogP contribution in [0.15, 0.2) is 206 Å². The predicted molar refractivity (Wildman–Crippen MR) is 248 cm³/mol. The molecule has 0 amide bonds. The standard InChI is InChI=1S/C56H40N4/c57-35-36-21-23-37(24-22-36)40-15-10-16-45(32-40)54-58-55(60-56(59-54)51-20-9-8-17-47(51)38-11-2-1-3-12-38)46-28-26-41-31-44(27-25-42(41)33-46)53-49-19-7-5-14-43(49)34-52-48-18-6-4-13-39(48)29-30-50(52)53/h1-34,54-56,58-60H. The highest BCUT2D eigenvalue weighted by Crippen LogP contribution is 2.41. The van der Waals surface area contributed by atoms with E-state index in [-0.39, 0.29) is 18.5 Å². The van der Waals surface area contributed by atoms with Gasteiger partial charge < -0.3 is 0 Å². The molecule has 4 heteroatoms. The van der Waals surface area contributed by atoms with Crippen LogP contribution < -0.4 is 16.0 Å². The molecule has 0 spiro atoms. The highest BCUT2D eigenvalue weighted by molar-refractivity contribution is 6.20. The van der Waals surface area contributed by atoms with Crippen LogP contribution in [0.4, 0.5) is 0 Å². The van der Waals surface area contributed by atoms with Gasteiger partial charge in [-0.2, -0.15) is 5.26 Å². The summed E-state index contributed by atoms with van der Waals surface area (Å²) in [5.74, 6) is 0. The summed E-state index contributed by atoms with van der Waals surface area (Å²) in [6.45, 7) is 0. The number of hydrogen-bond acceptors (Lipinski definition) is 4. The van der Waals surface area contributed by atoms with Crippen molar-refractivity contribution >= 4 is 43.1 Å². The van der Waals surface area contributed by atoms with Gasteiger partial charge in [0.15, 0.2) is 0 Å². The van der Waals surface area contributed by atoms with E-state index in [9.17, 15) is 5.26 Å². The Morgan fingerprint density at radius 2 is 0.983 bits per heavy atom. The van der Waals surface area contributed by atoms with Crippen molar-refractivity contribution in [2.75, 3.05) is 0 Å². The van der Waals surface area contributed by atoms with E-state index in [4.69, 9.17) is 0 Å². The molecule has 0 aliphatic carbocycles. The Hall–Kier alpha value is -7.39. The minimum Gasteiger partial charge on any atom is -0.279 e. The second-order valence-electron chi connectivity index (χ2n) is 15.7. The number of nitrogens with one attached hydrogen (secondary N) is 3. The van der Waals surface area contributed by atoms with Crippen LogP contribution >= 0.6 is 0 Å². The Labute approximate surface area is 349 Å². The molecule has 10 aromatic carbocycles. The van der Waals surface area contributed by atoms with E-state index in [1.54, 1.807) is 0 Å². The summed E-state index contributed by atoms with van der Waals surface area (Å²) in [5.41, 5.74) is 11.2. The average molecular weight is 769 g/mol. The maximum absolute atomic E-state index is 9.39. The zero-order valence-electron chi connectivity index (χ0n) is 32.8. The van der Waals surface area contributed by atoms with Gasteiger partial charge in [-0.1, -0.05) is 170 Å². The Morgan fingerprint density at radius 3 is 1.82 bits per heavy atom. The van der Waals surface area contributed by atoms with Gasteiger partial charge in [0.2, 0.25) is 0 Å². The van der Waals surface area contributed by atoms with Crippen LogP contribution in [0.2, 0.25) is 0 Å². The molecule has 60 heavy (non-hydrogen) atoms. The fourth-order valence-corrected chi connectivity index (χ4v) is 9.20. The maximum atomic E-state index is 9.39. The average Bonchev–Trinajstić information content (AvgIpc) is 3.33. The molecule has 284 valence electrons. The smallest absolute Gasteiger partial charge is 0.0991 e. The van der Waals surface area contributed by atoms with Crippen LogP contribution in [0.25, 0.3) is 76.5 Å². The fraction of sp³-hybridized carbons (Fsp3) is 0.0536. The lowest BCUT2D eigenvalue weighted by Gasteiger charge is -2.40. The molecule has 3 N–H and O–H groups in total. The number of rotatable bonds is 6. The van der Waals surface area contributed by atoms with Gasteiger partial charge in [-0.3, -0.25) is 16.0 Å². The lowest BCUT2D eigenvalue weighted by atomic mass is 9.89. The second kappa shape index (κ2) is 15.1. The topological polar surface area (TPSA) is 59.9 Å². The normalized spacial score (nSPS) is 16.6. The van der Waals surface area contributed by atoms with Gasteiger partial charge in [0.05, 0.1) is 30.1 Å². The molecule has 1 fully saturated rings. The van der Waals surface area contributed by atoms with E-state index < -0.39 is 0 Å². The molecule has 1 saturated heterocycles. The minimum absolute atomic E-state index is 0.162. The van der Waals surface area contributed by atoms with E-state index >= 15 is 0 Å². The van der Waals surface area contributed by atoms with Crippen LogP contribution in [0.3, 0.4) is 0 Å². The van der Waals surface area contributed by atoms with Crippen molar-refractivity contribution < 1.29 is 0 Å². The van der Waals surface area contributed by atoms with Gasteiger partial charge in [-0.25, -0.2) is 0 Å². The van der Waals surface area contributed by atoms with Gasteiger partial charge in [-0.15, -0.1) is 0 Å². The van der Waals surface area contributed by atoms with E-state index in [0.717, 1.165) is 22.3 Å². The van der Waals surface area contributed by atoms with Gasteiger partial charge in [-0.05, 0) is 130 Å². The number of hydrogen-bond donors (Lipinski definition) is 3. The highest BCUT2D eigenvalue weighted by atomic mass is 15.4. The molecule has 0 aromatic heterocycles. The molecule has 3 atom stereocenters. The van der Waals surface area contributed by atoms with E-state index in [1.165, 1.54) is 70.9 Å². The molecular weight excluding hydrogens is 729 g/mol. The highest BCUT2D eigenvalue weighted by Gasteiger charge is 2.31. The summed E-state index contributed by atoms with van der Waals surface area (Å²) in [5, 5.41) is 31.2. The van der Waals surface area contributed by atoms with Crippen molar-refractivity contribution in [3.05, 3.63) is 229 Å². The monoisotopic (exact) mass is 768 g/mol. The maximum Gasteiger partial charge on any atom is 0.0991 e. The van der Waals surface area contributed by atoms with Gasteiger partial charge in [0.25, 0.3) is 0 Å². The van der Waals surface area contributed by atoms with Crippen LogP contribution in [0.1, 0.15) is 40.8 Å². The Kier molecular flexibility index (Phi) is 8.99. The van der Waals surface area contributed by atoms with E-state index in [0.29, 0.717) is 5.56 Å². The van der Waals surface area contributed by atoms with Crippen LogP contribution in [0.5, 0.6) is 0 Å². The van der Waals surface area contributed by atoms with Gasteiger partial charge in [0.1, 0.15) is 0 Å². The summed E-state index contributed by atoms with van der Waals surface area (Å²) >= 11 is 0. The van der Waals surface area contributed by atoms with Crippen molar-refractivity contribution in [2.24, 2.45) is 0 Å². The fourth-order valence-electron chi connectivity index (χ4n) is 9.20. The zero-order chi connectivity index (χ0) is 40.0. The van der Waals surface area contributed by atoms with Crippen molar-refractivity contribution in [3.63, 3.8) is 0 Å². The quantitative estimate of drug-likeness (QED) is 0.116. The largest absolute Gasteiger partial charge is 0.279 e. The molecule has 1 aliphatic heterocycles. The first-order valence-electron chi connectivity index (χ1n) is 20.6. The molecule has 3 unspecified atom stereocenters. The summed E-state index contributed by atoms with van der Waals surface area (Å²) in [6, 6.07) is 76.2. The summed E-state index contributed by atoms with van der Waals surface area (Å²) in [4.78, 5) is 0. The van der Waals surface area contributed by atoms with Crippen molar-refractivity contribution in [1.29, 1.82) is 5.26 Å². The Balaban J connectivity index is 0.991. The SMILES string of the molecule is N#Cc1ccc(-c2cccc(C3NC(c4ccc5cc(-c6c7ccccc7cc7c6ccc6ccccc67)ccc5c4)NC(c4ccccc4-c4ccccc4)N3)c2)cc1. The van der Waals surface area contributed by atoms with Gasteiger partial charge in [0, 0.05) is 0 Å². The van der Waals surface area contributed by atoms with Gasteiger partial charge >= 0.3 is 0 Å². The number of benzene rings is 10. The number of nitriles is 1. The first-order chi connectivity index (χ1) is 29.7. The third-order valence-electron chi connectivity index (χ3n) is 12.2. The third-order valence-corrected chi connectivity index (χ3v) is 12.2. The van der Waals surface area contributed by atoms with Crippen LogP contribution in [-0.4, -0.2) is 0 Å². The lowest BCUT2D eigenvalue weighted by Crippen LogP contribution is -2.54.